The zero-order valence-corrected chi connectivity index (χ0v) is 14.3. The highest BCUT2D eigenvalue weighted by Gasteiger charge is 2.45. The van der Waals surface area contributed by atoms with E-state index in [2.05, 4.69) is 0 Å². The van der Waals surface area contributed by atoms with Gasteiger partial charge < -0.3 is 19.0 Å². The number of hydrogen-bond donors (Lipinski definition) is 1. The standard InChI is InChI=1S/C19H17NO6/c1-3-12(21)16-17(14-6-4-10(2)26-14)20(19(23)18(16)22)11-5-7-13-15(8-11)25-9-24-13/h4-8,17,22H,3,9H2,1-2H3. The van der Waals surface area contributed by atoms with Crippen molar-refractivity contribution in [2.45, 2.75) is 26.3 Å². The van der Waals surface area contributed by atoms with Gasteiger partial charge in [-0.2, -0.15) is 0 Å². The summed E-state index contributed by atoms with van der Waals surface area (Å²) >= 11 is 0. The van der Waals surface area contributed by atoms with Gasteiger partial charge in [0.2, 0.25) is 6.79 Å². The van der Waals surface area contributed by atoms with E-state index in [-0.39, 0.29) is 24.6 Å². The van der Waals surface area contributed by atoms with Crippen LogP contribution < -0.4 is 14.4 Å². The maximum absolute atomic E-state index is 12.8. The number of ketones is 1. The first-order valence-electron chi connectivity index (χ1n) is 8.27. The molecule has 0 saturated carbocycles. The Balaban J connectivity index is 1.85. The van der Waals surface area contributed by atoms with E-state index in [0.29, 0.717) is 28.7 Å². The first-order chi connectivity index (χ1) is 12.5. The van der Waals surface area contributed by atoms with Crippen LogP contribution in [0, 0.1) is 6.92 Å². The van der Waals surface area contributed by atoms with Gasteiger partial charge in [-0.05, 0) is 31.2 Å². The van der Waals surface area contributed by atoms with Crippen molar-refractivity contribution in [3.05, 3.63) is 53.2 Å². The number of rotatable bonds is 4. The Hall–Kier alpha value is -3.22. The lowest BCUT2D eigenvalue weighted by Crippen LogP contribution is -2.30. The van der Waals surface area contributed by atoms with Crippen molar-refractivity contribution in [2.75, 3.05) is 11.7 Å². The minimum Gasteiger partial charge on any atom is -0.503 e. The largest absolute Gasteiger partial charge is 0.503 e. The Kier molecular flexibility index (Phi) is 3.72. The number of nitrogens with zero attached hydrogens (tertiary/aromatic N) is 1. The predicted molar refractivity (Wildman–Crippen MR) is 91.2 cm³/mol. The van der Waals surface area contributed by atoms with E-state index in [1.807, 2.05) is 0 Å². The molecule has 0 bridgehead atoms. The topological polar surface area (TPSA) is 89.2 Å². The first-order valence-corrected chi connectivity index (χ1v) is 8.27. The van der Waals surface area contributed by atoms with Crippen LogP contribution in [0.15, 0.2) is 46.1 Å². The number of furan rings is 1. The zero-order valence-electron chi connectivity index (χ0n) is 14.3. The number of carbonyl (C=O) groups is 2. The van der Waals surface area contributed by atoms with Crippen molar-refractivity contribution >= 4 is 17.4 Å². The molecule has 26 heavy (non-hydrogen) atoms. The second-order valence-electron chi connectivity index (χ2n) is 6.10. The number of Topliss-reactive ketones (excluding diaryl/α,β-unsaturated/α-hetero) is 1. The molecular formula is C19H17NO6. The highest BCUT2D eigenvalue weighted by Crippen LogP contribution is 2.44. The average molecular weight is 355 g/mol. The molecule has 3 heterocycles. The fourth-order valence-electron chi connectivity index (χ4n) is 3.25. The maximum Gasteiger partial charge on any atom is 0.294 e. The summed E-state index contributed by atoms with van der Waals surface area (Å²) in [7, 11) is 0. The number of aryl methyl sites for hydroxylation is 1. The molecule has 1 atom stereocenters. The van der Waals surface area contributed by atoms with Crippen molar-refractivity contribution in [2.24, 2.45) is 0 Å². The lowest BCUT2D eigenvalue weighted by molar-refractivity contribution is -0.118. The summed E-state index contributed by atoms with van der Waals surface area (Å²) in [6.07, 6.45) is 0.165. The molecule has 2 aromatic rings. The molecule has 1 aromatic carbocycles. The van der Waals surface area contributed by atoms with Crippen LogP contribution in [0.5, 0.6) is 11.5 Å². The van der Waals surface area contributed by atoms with E-state index in [4.69, 9.17) is 13.9 Å². The maximum atomic E-state index is 12.8. The van der Waals surface area contributed by atoms with Crippen LogP contribution in [0.1, 0.15) is 30.9 Å². The number of benzene rings is 1. The molecule has 4 rings (SSSR count). The number of hydrogen-bond acceptors (Lipinski definition) is 6. The summed E-state index contributed by atoms with van der Waals surface area (Å²) in [5, 5.41) is 10.4. The minimum absolute atomic E-state index is 0.0458. The molecular weight excluding hydrogens is 338 g/mol. The third-order valence-electron chi connectivity index (χ3n) is 4.49. The number of carbonyl (C=O) groups excluding carboxylic acids is 2. The van der Waals surface area contributed by atoms with Gasteiger partial charge in [0.05, 0.1) is 5.57 Å². The highest BCUT2D eigenvalue weighted by atomic mass is 16.7. The SMILES string of the molecule is CCC(=O)C1=C(O)C(=O)N(c2ccc3c(c2)OCO3)C1c1ccc(C)o1. The summed E-state index contributed by atoms with van der Waals surface area (Å²) in [6, 6.07) is 7.64. The van der Waals surface area contributed by atoms with Crippen LogP contribution in [0.25, 0.3) is 0 Å². The number of aliphatic hydroxyl groups is 1. The van der Waals surface area contributed by atoms with Gasteiger partial charge in [0, 0.05) is 18.2 Å². The Morgan fingerprint density at radius 3 is 2.69 bits per heavy atom. The van der Waals surface area contributed by atoms with Crippen LogP contribution in [0.2, 0.25) is 0 Å². The molecule has 1 N–H and O–H groups in total. The van der Waals surface area contributed by atoms with Crippen LogP contribution in [-0.2, 0) is 9.59 Å². The van der Waals surface area contributed by atoms with Gasteiger partial charge >= 0.3 is 0 Å². The van der Waals surface area contributed by atoms with Crippen LogP contribution in [0.4, 0.5) is 5.69 Å². The second-order valence-corrected chi connectivity index (χ2v) is 6.10. The Morgan fingerprint density at radius 1 is 1.23 bits per heavy atom. The predicted octanol–water partition coefficient (Wildman–Crippen LogP) is 3.20. The monoisotopic (exact) mass is 355 g/mol. The molecule has 0 saturated heterocycles. The molecule has 134 valence electrons. The molecule has 0 aliphatic carbocycles. The van der Waals surface area contributed by atoms with Crippen LogP contribution >= 0.6 is 0 Å². The zero-order chi connectivity index (χ0) is 18.4. The molecule has 1 aromatic heterocycles. The van der Waals surface area contributed by atoms with Crippen LogP contribution in [-0.4, -0.2) is 23.6 Å². The second kappa shape index (κ2) is 5.94. The van der Waals surface area contributed by atoms with Crippen molar-refractivity contribution in [1.29, 1.82) is 0 Å². The lowest BCUT2D eigenvalue weighted by atomic mass is 9.99. The molecule has 0 fully saturated rings. The molecule has 2 aliphatic rings. The first kappa shape index (κ1) is 16.3. The third kappa shape index (κ3) is 2.35. The number of fused-ring (bicyclic) bond motifs is 1. The van der Waals surface area contributed by atoms with E-state index in [0.717, 1.165) is 0 Å². The molecule has 2 aliphatic heterocycles. The Morgan fingerprint density at radius 2 is 2.00 bits per heavy atom. The summed E-state index contributed by atoms with van der Waals surface area (Å²) < 4.78 is 16.4. The Labute approximate surface area is 149 Å². The van der Waals surface area contributed by atoms with Gasteiger partial charge in [0.25, 0.3) is 5.91 Å². The summed E-state index contributed by atoms with van der Waals surface area (Å²) in [5.74, 6) is 0.626. The number of ether oxygens (including phenoxy) is 2. The van der Waals surface area contributed by atoms with Gasteiger partial charge in [0.1, 0.15) is 17.6 Å². The van der Waals surface area contributed by atoms with Crippen molar-refractivity contribution < 1.29 is 28.6 Å². The normalized spacial score (nSPS) is 18.8. The number of anilines is 1. The Bertz CT molecular complexity index is 941. The van der Waals surface area contributed by atoms with E-state index >= 15 is 0 Å². The quantitative estimate of drug-likeness (QED) is 0.906. The molecule has 1 unspecified atom stereocenters. The van der Waals surface area contributed by atoms with Gasteiger partial charge in [-0.1, -0.05) is 6.92 Å². The minimum atomic E-state index is -0.830. The van der Waals surface area contributed by atoms with Crippen LogP contribution in [0.3, 0.4) is 0 Å². The van der Waals surface area contributed by atoms with Gasteiger partial charge in [-0.15, -0.1) is 0 Å². The number of aliphatic hydroxyl groups excluding tert-OH is 1. The fourth-order valence-corrected chi connectivity index (χ4v) is 3.25. The third-order valence-corrected chi connectivity index (χ3v) is 4.49. The van der Waals surface area contributed by atoms with E-state index in [1.165, 1.54) is 4.90 Å². The number of amides is 1. The van der Waals surface area contributed by atoms with E-state index in [1.54, 1.807) is 44.2 Å². The summed E-state index contributed by atoms with van der Waals surface area (Å²) in [5.41, 5.74) is 0.522. The summed E-state index contributed by atoms with van der Waals surface area (Å²) in [6.45, 7) is 3.56. The average Bonchev–Trinajstić information content (AvgIpc) is 3.33. The molecule has 1 amide bonds. The van der Waals surface area contributed by atoms with E-state index < -0.39 is 17.7 Å². The van der Waals surface area contributed by atoms with E-state index in [9.17, 15) is 14.7 Å². The van der Waals surface area contributed by atoms with Crippen molar-refractivity contribution in [1.82, 2.24) is 0 Å². The molecule has 0 radical (unpaired) electrons. The smallest absolute Gasteiger partial charge is 0.294 e. The van der Waals surface area contributed by atoms with Gasteiger partial charge in [-0.3, -0.25) is 14.5 Å². The lowest BCUT2D eigenvalue weighted by Gasteiger charge is -2.25. The molecule has 7 heteroatoms. The van der Waals surface area contributed by atoms with Crippen molar-refractivity contribution in [3.8, 4) is 11.5 Å². The summed E-state index contributed by atoms with van der Waals surface area (Å²) in [4.78, 5) is 26.6. The molecule has 7 nitrogen and oxygen atoms in total. The van der Waals surface area contributed by atoms with Gasteiger partial charge in [0.15, 0.2) is 23.0 Å². The van der Waals surface area contributed by atoms with Crippen molar-refractivity contribution in [3.63, 3.8) is 0 Å². The fraction of sp³-hybridized carbons (Fsp3) is 0.263. The highest BCUT2D eigenvalue weighted by molar-refractivity contribution is 6.16. The molecule has 0 spiro atoms. The van der Waals surface area contributed by atoms with Gasteiger partial charge in [-0.25, -0.2) is 0 Å².